The van der Waals surface area contributed by atoms with E-state index in [9.17, 15) is 4.79 Å². The fraction of sp³-hybridized carbons (Fsp3) is 0.500. The Kier molecular flexibility index (Phi) is 4.20. The molecule has 0 spiro atoms. The number of likely N-dealkylation sites (tertiary alicyclic amines) is 1. The molecule has 0 saturated carbocycles. The van der Waals surface area contributed by atoms with Crippen LogP contribution < -0.4 is 11.1 Å². The number of nitrogens with one attached hydrogen (secondary N) is 1. The number of amides is 1. The van der Waals surface area contributed by atoms with Gasteiger partial charge in [0.15, 0.2) is 0 Å². The third-order valence-electron chi connectivity index (χ3n) is 3.36. The van der Waals surface area contributed by atoms with Gasteiger partial charge in [-0.25, -0.2) is 0 Å². The van der Waals surface area contributed by atoms with Gasteiger partial charge in [-0.2, -0.15) is 0 Å². The number of nitrogens with two attached hydrogens (primary N) is 1. The minimum atomic E-state index is 0.0688. The Labute approximate surface area is 108 Å². The van der Waals surface area contributed by atoms with Gasteiger partial charge >= 0.3 is 0 Å². The summed E-state index contributed by atoms with van der Waals surface area (Å²) in [7, 11) is 0. The average Bonchev–Trinajstić information content (AvgIpc) is 2.76. The summed E-state index contributed by atoms with van der Waals surface area (Å²) in [6.45, 7) is 5.35. The van der Waals surface area contributed by atoms with Crippen LogP contribution in [0.2, 0.25) is 0 Å². The molecular formula is C14H21N3O. The van der Waals surface area contributed by atoms with Crippen molar-refractivity contribution >= 4 is 17.3 Å². The highest BCUT2D eigenvalue weighted by Crippen LogP contribution is 2.15. The second kappa shape index (κ2) is 5.87. The van der Waals surface area contributed by atoms with E-state index in [2.05, 4.69) is 17.1 Å². The van der Waals surface area contributed by atoms with Gasteiger partial charge in [0.05, 0.1) is 0 Å². The van der Waals surface area contributed by atoms with Crippen LogP contribution in [-0.2, 0) is 4.79 Å². The lowest BCUT2D eigenvalue weighted by molar-refractivity contribution is -0.116. The van der Waals surface area contributed by atoms with E-state index in [-0.39, 0.29) is 5.91 Å². The molecule has 4 heteroatoms. The quantitative estimate of drug-likeness (QED) is 0.799. The Bertz CT molecular complexity index is 402. The maximum atomic E-state index is 11.8. The van der Waals surface area contributed by atoms with E-state index >= 15 is 0 Å². The third-order valence-corrected chi connectivity index (χ3v) is 3.36. The molecule has 0 bridgehead atoms. The topological polar surface area (TPSA) is 58.4 Å². The Morgan fingerprint density at radius 1 is 1.44 bits per heavy atom. The number of nitrogen functional groups attached to an aromatic ring is 1. The van der Waals surface area contributed by atoms with Crippen molar-refractivity contribution in [1.29, 1.82) is 0 Å². The van der Waals surface area contributed by atoms with Crippen LogP contribution in [0.4, 0.5) is 11.4 Å². The van der Waals surface area contributed by atoms with Crippen molar-refractivity contribution in [3.63, 3.8) is 0 Å². The van der Waals surface area contributed by atoms with Crippen molar-refractivity contribution in [2.75, 3.05) is 30.7 Å². The van der Waals surface area contributed by atoms with Crippen LogP contribution >= 0.6 is 0 Å². The maximum absolute atomic E-state index is 11.8. The number of anilines is 2. The van der Waals surface area contributed by atoms with Gasteiger partial charge in [-0.1, -0.05) is 6.92 Å². The third kappa shape index (κ3) is 3.74. The van der Waals surface area contributed by atoms with E-state index in [0.29, 0.717) is 12.1 Å². The molecule has 0 aromatic heterocycles. The van der Waals surface area contributed by atoms with Gasteiger partial charge in [0.1, 0.15) is 0 Å². The van der Waals surface area contributed by atoms with Crippen LogP contribution in [0.3, 0.4) is 0 Å². The van der Waals surface area contributed by atoms with Gasteiger partial charge in [-0.3, -0.25) is 4.79 Å². The Hall–Kier alpha value is -1.55. The zero-order valence-electron chi connectivity index (χ0n) is 10.9. The van der Waals surface area contributed by atoms with Gasteiger partial charge in [0.2, 0.25) is 5.91 Å². The van der Waals surface area contributed by atoms with Crippen molar-refractivity contribution in [2.45, 2.75) is 19.8 Å². The van der Waals surface area contributed by atoms with Gasteiger partial charge in [0, 0.05) is 30.9 Å². The predicted octanol–water partition coefficient (Wildman–Crippen LogP) is 1.94. The molecule has 3 N–H and O–H groups in total. The summed E-state index contributed by atoms with van der Waals surface area (Å²) >= 11 is 0. The van der Waals surface area contributed by atoms with E-state index in [1.54, 1.807) is 12.1 Å². The number of carbonyl (C=O) groups is 1. The molecule has 98 valence electrons. The zero-order chi connectivity index (χ0) is 13.0. The lowest BCUT2D eigenvalue weighted by atomic mass is 10.2. The monoisotopic (exact) mass is 247 g/mol. The molecule has 1 heterocycles. The zero-order valence-corrected chi connectivity index (χ0v) is 10.9. The molecule has 1 unspecified atom stereocenters. The molecule has 2 rings (SSSR count). The van der Waals surface area contributed by atoms with Crippen LogP contribution in [0.1, 0.15) is 19.8 Å². The van der Waals surface area contributed by atoms with Crippen molar-refractivity contribution in [3.05, 3.63) is 24.3 Å². The Balaban J connectivity index is 1.73. The Morgan fingerprint density at radius 2 is 2.17 bits per heavy atom. The van der Waals surface area contributed by atoms with Crippen molar-refractivity contribution < 1.29 is 4.79 Å². The van der Waals surface area contributed by atoms with Gasteiger partial charge < -0.3 is 16.0 Å². The molecule has 1 aliphatic rings. The minimum absolute atomic E-state index is 0.0688. The summed E-state index contributed by atoms with van der Waals surface area (Å²) in [6.07, 6.45) is 1.80. The summed E-state index contributed by atoms with van der Waals surface area (Å²) in [4.78, 5) is 14.1. The summed E-state index contributed by atoms with van der Waals surface area (Å²) in [5.41, 5.74) is 7.11. The highest BCUT2D eigenvalue weighted by atomic mass is 16.1. The second-order valence-corrected chi connectivity index (χ2v) is 5.11. The Morgan fingerprint density at radius 3 is 2.78 bits per heavy atom. The molecule has 1 fully saturated rings. The van der Waals surface area contributed by atoms with E-state index < -0.39 is 0 Å². The van der Waals surface area contributed by atoms with Crippen molar-refractivity contribution in [3.8, 4) is 0 Å². The largest absolute Gasteiger partial charge is 0.399 e. The van der Waals surface area contributed by atoms with Crippen molar-refractivity contribution in [2.24, 2.45) is 5.92 Å². The molecule has 1 saturated heterocycles. The molecular weight excluding hydrogens is 226 g/mol. The maximum Gasteiger partial charge on any atom is 0.225 e. The van der Waals surface area contributed by atoms with Gasteiger partial charge in [0.25, 0.3) is 0 Å². The molecule has 4 nitrogen and oxygen atoms in total. The summed E-state index contributed by atoms with van der Waals surface area (Å²) in [6, 6.07) is 7.23. The van der Waals surface area contributed by atoms with Crippen LogP contribution in [-0.4, -0.2) is 30.4 Å². The smallest absolute Gasteiger partial charge is 0.225 e. The van der Waals surface area contributed by atoms with Gasteiger partial charge in [-0.15, -0.1) is 0 Å². The molecule has 1 aliphatic heterocycles. The molecule has 0 aliphatic carbocycles. The van der Waals surface area contributed by atoms with E-state index in [1.165, 1.54) is 6.42 Å². The highest BCUT2D eigenvalue weighted by Gasteiger charge is 2.18. The van der Waals surface area contributed by atoms with E-state index in [4.69, 9.17) is 5.73 Å². The van der Waals surface area contributed by atoms with Crippen LogP contribution in [0.25, 0.3) is 0 Å². The standard InChI is InChI=1S/C14H21N3O/c1-11-6-8-17(10-11)9-7-14(18)16-13-4-2-12(15)3-5-13/h2-5,11H,6-10,15H2,1H3,(H,16,18). The molecule has 18 heavy (non-hydrogen) atoms. The summed E-state index contributed by atoms with van der Waals surface area (Å²) < 4.78 is 0. The van der Waals surface area contributed by atoms with Gasteiger partial charge in [-0.05, 0) is 43.1 Å². The minimum Gasteiger partial charge on any atom is -0.399 e. The van der Waals surface area contributed by atoms with Crippen LogP contribution in [0, 0.1) is 5.92 Å². The summed E-state index contributed by atoms with van der Waals surface area (Å²) in [5.74, 6) is 0.837. The molecule has 1 aromatic rings. The van der Waals surface area contributed by atoms with Crippen molar-refractivity contribution in [1.82, 2.24) is 4.90 Å². The average molecular weight is 247 g/mol. The molecule has 1 amide bonds. The number of hydrogen-bond donors (Lipinski definition) is 2. The summed E-state index contributed by atoms with van der Waals surface area (Å²) in [5, 5.41) is 2.88. The number of nitrogens with zero attached hydrogens (tertiary/aromatic N) is 1. The van der Waals surface area contributed by atoms with E-state index in [1.807, 2.05) is 12.1 Å². The first-order valence-electron chi connectivity index (χ1n) is 6.51. The fourth-order valence-electron chi connectivity index (χ4n) is 2.28. The number of rotatable bonds is 4. The molecule has 1 atom stereocenters. The lowest BCUT2D eigenvalue weighted by Crippen LogP contribution is -2.25. The fourth-order valence-corrected chi connectivity index (χ4v) is 2.28. The normalized spacial score (nSPS) is 19.9. The van der Waals surface area contributed by atoms with Crippen LogP contribution in [0.5, 0.6) is 0 Å². The van der Waals surface area contributed by atoms with E-state index in [0.717, 1.165) is 31.2 Å². The molecule has 1 aromatic carbocycles. The highest BCUT2D eigenvalue weighted by molar-refractivity contribution is 5.90. The number of hydrogen-bond acceptors (Lipinski definition) is 3. The number of benzene rings is 1. The van der Waals surface area contributed by atoms with Crippen LogP contribution in [0.15, 0.2) is 24.3 Å². The first-order valence-corrected chi connectivity index (χ1v) is 6.51. The SMILES string of the molecule is CC1CCN(CCC(=O)Nc2ccc(N)cc2)C1. The first-order chi connectivity index (χ1) is 8.63. The first kappa shape index (κ1) is 12.9. The second-order valence-electron chi connectivity index (χ2n) is 5.11. The lowest BCUT2D eigenvalue weighted by Gasteiger charge is -2.14. The number of carbonyl (C=O) groups excluding carboxylic acids is 1. The predicted molar refractivity (Wildman–Crippen MR) is 74.3 cm³/mol. The molecule has 0 radical (unpaired) electrons.